The van der Waals surface area contributed by atoms with Gasteiger partial charge in [-0.25, -0.2) is 4.98 Å². The molecular formula is C11H12F3N7. The number of halogens is 3. The maximum absolute atomic E-state index is 12.8. The van der Waals surface area contributed by atoms with Crippen LogP contribution in [0.15, 0.2) is 6.07 Å². The van der Waals surface area contributed by atoms with Crippen molar-refractivity contribution < 1.29 is 13.2 Å². The molecule has 0 atom stereocenters. The van der Waals surface area contributed by atoms with Gasteiger partial charge in [-0.05, 0) is 6.92 Å². The zero-order valence-corrected chi connectivity index (χ0v) is 11.1. The minimum absolute atomic E-state index is 0.132. The molecule has 1 aliphatic heterocycles. The number of hydrogen-bond donors (Lipinski definition) is 1. The first-order valence-corrected chi connectivity index (χ1v) is 6.20. The molecule has 0 spiro atoms. The van der Waals surface area contributed by atoms with Crippen LogP contribution in [0.2, 0.25) is 0 Å². The van der Waals surface area contributed by atoms with E-state index in [1.807, 2.05) is 0 Å². The molecule has 2 aromatic rings. The fraction of sp³-hybridized carbons (Fsp3) is 0.455. The van der Waals surface area contributed by atoms with Crippen LogP contribution >= 0.6 is 0 Å². The lowest BCUT2D eigenvalue weighted by Gasteiger charge is -2.29. The molecule has 3 rings (SSSR count). The lowest BCUT2D eigenvalue weighted by molar-refractivity contribution is -0.147. The van der Waals surface area contributed by atoms with Crippen molar-refractivity contribution in [2.24, 2.45) is 0 Å². The average Bonchev–Trinajstić information content (AvgIpc) is 2.80. The molecule has 3 heterocycles. The van der Waals surface area contributed by atoms with E-state index in [2.05, 4.69) is 20.2 Å². The molecule has 1 aliphatic rings. The van der Waals surface area contributed by atoms with Gasteiger partial charge >= 0.3 is 6.18 Å². The van der Waals surface area contributed by atoms with Crippen LogP contribution in [0.5, 0.6) is 0 Å². The quantitative estimate of drug-likeness (QED) is 0.845. The molecule has 112 valence electrons. The summed E-state index contributed by atoms with van der Waals surface area (Å²) in [7, 11) is 0. The smallest absolute Gasteiger partial charge is 0.368 e. The lowest BCUT2D eigenvalue weighted by Crippen LogP contribution is -2.36. The summed E-state index contributed by atoms with van der Waals surface area (Å²) >= 11 is 0. The summed E-state index contributed by atoms with van der Waals surface area (Å²) in [6.07, 6.45) is -4.50. The number of hydrogen-bond acceptors (Lipinski definition) is 6. The summed E-state index contributed by atoms with van der Waals surface area (Å²) in [5.41, 5.74) is 6.29. The van der Waals surface area contributed by atoms with E-state index in [-0.39, 0.29) is 24.9 Å². The van der Waals surface area contributed by atoms with Crippen LogP contribution in [0.4, 0.5) is 24.9 Å². The molecule has 0 bridgehead atoms. The third-order valence-corrected chi connectivity index (χ3v) is 3.19. The van der Waals surface area contributed by atoms with Crippen LogP contribution in [0.25, 0.3) is 0 Å². The van der Waals surface area contributed by atoms with Crippen molar-refractivity contribution in [3.05, 3.63) is 23.4 Å². The number of alkyl halides is 3. The normalized spacial score (nSPS) is 15.1. The monoisotopic (exact) mass is 299 g/mol. The lowest BCUT2D eigenvalue weighted by atomic mass is 10.3. The van der Waals surface area contributed by atoms with Crippen molar-refractivity contribution in [1.29, 1.82) is 0 Å². The van der Waals surface area contributed by atoms with Crippen LogP contribution in [0, 0.1) is 6.92 Å². The molecule has 2 aromatic heterocycles. The van der Waals surface area contributed by atoms with Crippen LogP contribution in [0.1, 0.15) is 17.3 Å². The Bertz CT molecular complexity index is 659. The second-order valence-electron chi connectivity index (χ2n) is 4.74. The zero-order valence-electron chi connectivity index (χ0n) is 11.1. The third kappa shape index (κ3) is 2.48. The molecule has 7 nitrogen and oxygen atoms in total. The summed E-state index contributed by atoms with van der Waals surface area (Å²) in [5, 5.41) is 6.86. The largest absolute Gasteiger partial charge is 0.451 e. The Balaban J connectivity index is 1.90. The maximum Gasteiger partial charge on any atom is 0.451 e. The Morgan fingerprint density at radius 1 is 1.19 bits per heavy atom. The predicted molar refractivity (Wildman–Crippen MR) is 67.3 cm³/mol. The van der Waals surface area contributed by atoms with E-state index < -0.39 is 12.0 Å². The van der Waals surface area contributed by atoms with Gasteiger partial charge in [-0.15, -0.1) is 10.2 Å². The highest BCUT2D eigenvalue weighted by Crippen LogP contribution is 2.30. The summed E-state index contributed by atoms with van der Waals surface area (Å²) in [5.74, 6) is -0.00484. The Kier molecular flexibility index (Phi) is 2.96. The topological polar surface area (TPSA) is 85.8 Å². The molecular weight excluding hydrogens is 287 g/mol. The highest BCUT2D eigenvalue weighted by Gasteiger charge is 2.39. The number of aryl methyl sites for hydroxylation is 1. The van der Waals surface area contributed by atoms with Crippen LogP contribution in [-0.2, 0) is 19.3 Å². The van der Waals surface area contributed by atoms with Crippen molar-refractivity contribution in [3.8, 4) is 0 Å². The first-order chi connectivity index (χ1) is 9.84. The Morgan fingerprint density at radius 3 is 2.62 bits per heavy atom. The van der Waals surface area contributed by atoms with Gasteiger partial charge in [-0.2, -0.15) is 18.2 Å². The summed E-state index contributed by atoms with van der Waals surface area (Å²) in [6.45, 7) is 2.47. The zero-order chi connectivity index (χ0) is 15.2. The van der Waals surface area contributed by atoms with E-state index in [1.54, 1.807) is 17.9 Å². The second-order valence-corrected chi connectivity index (χ2v) is 4.74. The van der Waals surface area contributed by atoms with Gasteiger partial charge in [0.2, 0.25) is 11.8 Å². The minimum Gasteiger partial charge on any atom is -0.368 e. The SMILES string of the molecule is Cc1cc(N2CCn3c(nnc3C(F)(F)F)C2)nc(N)n1. The Hall–Kier alpha value is -2.39. The number of nitrogens with two attached hydrogens (primary N) is 1. The van der Waals surface area contributed by atoms with E-state index in [4.69, 9.17) is 5.73 Å². The summed E-state index contributed by atoms with van der Waals surface area (Å²) < 4.78 is 39.4. The van der Waals surface area contributed by atoms with Gasteiger partial charge < -0.3 is 15.2 Å². The second kappa shape index (κ2) is 4.57. The van der Waals surface area contributed by atoms with Crippen molar-refractivity contribution in [1.82, 2.24) is 24.7 Å². The molecule has 10 heteroatoms. The highest BCUT2D eigenvalue weighted by molar-refractivity contribution is 5.44. The minimum atomic E-state index is -4.50. The first-order valence-electron chi connectivity index (χ1n) is 6.20. The van der Waals surface area contributed by atoms with E-state index in [1.165, 1.54) is 0 Å². The molecule has 0 radical (unpaired) electrons. The third-order valence-electron chi connectivity index (χ3n) is 3.19. The average molecular weight is 299 g/mol. The van der Waals surface area contributed by atoms with Crippen LogP contribution < -0.4 is 10.6 Å². The number of fused-ring (bicyclic) bond motifs is 1. The maximum atomic E-state index is 12.8. The molecule has 0 saturated carbocycles. The molecule has 2 N–H and O–H groups in total. The van der Waals surface area contributed by atoms with Gasteiger partial charge in [0.15, 0.2) is 5.82 Å². The van der Waals surface area contributed by atoms with Crippen molar-refractivity contribution in [2.45, 2.75) is 26.2 Å². The molecule has 0 saturated heterocycles. The number of aromatic nitrogens is 5. The van der Waals surface area contributed by atoms with E-state index in [0.717, 1.165) is 4.57 Å². The molecule has 21 heavy (non-hydrogen) atoms. The van der Waals surface area contributed by atoms with Gasteiger partial charge in [0.25, 0.3) is 0 Å². The van der Waals surface area contributed by atoms with Crippen LogP contribution in [-0.4, -0.2) is 31.3 Å². The number of nitrogens with zero attached hydrogens (tertiary/aromatic N) is 6. The number of nitrogen functional groups attached to an aromatic ring is 1. The van der Waals surface area contributed by atoms with Gasteiger partial charge in [0.1, 0.15) is 5.82 Å². The van der Waals surface area contributed by atoms with Crippen molar-refractivity contribution in [3.63, 3.8) is 0 Å². The summed E-state index contributed by atoms with van der Waals surface area (Å²) in [6, 6.07) is 1.73. The Morgan fingerprint density at radius 2 is 1.95 bits per heavy atom. The Labute approximate surface area is 117 Å². The molecule has 0 fully saturated rings. The standard InChI is InChI=1S/C11H12F3N7/c1-6-4-7(17-10(15)16-6)20-2-3-21-8(5-20)18-19-9(21)11(12,13)14/h4H,2-3,5H2,1H3,(H2,15,16,17). The molecule has 0 aromatic carbocycles. The van der Waals surface area contributed by atoms with E-state index in [0.29, 0.717) is 18.1 Å². The molecule has 0 amide bonds. The molecule has 0 unspecified atom stereocenters. The summed E-state index contributed by atoms with van der Waals surface area (Å²) in [4.78, 5) is 9.87. The number of rotatable bonds is 1. The fourth-order valence-corrected chi connectivity index (χ4v) is 2.30. The first kappa shape index (κ1) is 13.6. The highest BCUT2D eigenvalue weighted by atomic mass is 19.4. The fourth-order valence-electron chi connectivity index (χ4n) is 2.30. The van der Waals surface area contributed by atoms with Crippen LogP contribution in [0.3, 0.4) is 0 Å². The van der Waals surface area contributed by atoms with Crippen molar-refractivity contribution >= 4 is 11.8 Å². The predicted octanol–water partition coefficient (Wildman–Crippen LogP) is 0.998. The van der Waals surface area contributed by atoms with Gasteiger partial charge in [-0.1, -0.05) is 0 Å². The van der Waals surface area contributed by atoms with Crippen molar-refractivity contribution in [2.75, 3.05) is 17.2 Å². The number of anilines is 2. The van der Waals surface area contributed by atoms with E-state index in [9.17, 15) is 13.2 Å². The van der Waals surface area contributed by atoms with Gasteiger partial charge in [-0.3, -0.25) is 0 Å². The van der Waals surface area contributed by atoms with E-state index >= 15 is 0 Å². The van der Waals surface area contributed by atoms with Gasteiger partial charge in [0.05, 0.1) is 6.54 Å². The van der Waals surface area contributed by atoms with Gasteiger partial charge in [0, 0.05) is 24.8 Å². The molecule has 0 aliphatic carbocycles.